The molecule has 0 saturated carbocycles. The third kappa shape index (κ3) is 3.24. The molecule has 0 unspecified atom stereocenters. The van der Waals surface area contributed by atoms with Crippen molar-refractivity contribution < 1.29 is 10.1 Å². The van der Waals surface area contributed by atoms with Crippen LogP contribution in [0.1, 0.15) is 68.2 Å². The molecule has 0 amide bonds. The van der Waals surface area contributed by atoms with E-state index >= 15 is 0 Å². The minimum atomic E-state index is -2.26. The van der Waals surface area contributed by atoms with Crippen LogP contribution in [0.4, 0.5) is 0 Å². The molecule has 1 aromatic carbocycles. The van der Waals surface area contributed by atoms with Crippen LogP contribution < -0.4 is 4.57 Å². The Balaban J connectivity index is 2.80. The zero-order valence-corrected chi connectivity index (χ0v) is 14.8. The van der Waals surface area contributed by atoms with E-state index in [4.69, 9.17) is 5.48 Å². The highest BCUT2D eigenvalue weighted by Gasteiger charge is 2.20. The average molecular weight is 301 g/mol. The van der Waals surface area contributed by atoms with E-state index in [1.807, 2.05) is 18.5 Å². The van der Waals surface area contributed by atoms with Crippen LogP contribution in [0.25, 0.3) is 11.3 Å². The molecule has 0 atom stereocenters. The van der Waals surface area contributed by atoms with E-state index in [0.29, 0.717) is 5.56 Å². The Morgan fingerprint density at radius 2 is 1.82 bits per heavy atom. The minimum absolute atomic E-state index is 0.0109. The Morgan fingerprint density at radius 1 is 1.14 bits per heavy atom. The van der Waals surface area contributed by atoms with Gasteiger partial charge in [-0.2, -0.15) is 0 Å². The van der Waals surface area contributed by atoms with Gasteiger partial charge in [-0.25, -0.2) is 4.57 Å². The van der Waals surface area contributed by atoms with Gasteiger partial charge in [-0.1, -0.05) is 46.8 Å². The summed E-state index contributed by atoms with van der Waals surface area (Å²) in [6, 6.07) is 8.12. The molecule has 0 aliphatic rings. The maximum atomic E-state index is 8.36. The number of nitrogens with zero attached hydrogens (tertiary/aromatic N) is 1. The van der Waals surface area contributed by atoms with E-state index in [2.05, 4.69) is 39.0 Å². The third-order valence-electron chi connectivity index (χ3n) is 4.19. The van der Waals surface area contributed by atoms with Gasteiger partial charge in [-0.3, -0.25) is 0 Å². The molecule has 22 heavy (non-hydrogen) atoms. The summed E-state index contributed by atoms with van der Waals surface area (Å²) in [5.74, 6) is -0.984. The molecule has 0 saturated heterocycles. The molecule has 0 N–H and O–H groups in total. The van der Waals surface area contributed by atoms with E-state index in [1.165, 1.54) is 5.56 Å². The van der Waals surface area contributed by atoms with Crippen molar-refractivity contribution >= 4 is 0 Å². The quantitative estimate of drug-likeness (QED) is 0.670. The Bertz CT molecular complexity index is 822. The van der Waals surface area contributed by atoms with Gasteiger partial charge >= 0.3 is 0 Å². The summed E-state index contributed by atoms with van der Waals surface area (Å²) >= 11 is 0. The standard InChI is InChI=1S/C21H30N/c1-14(2)19-13-22(8)20(11-16(19)4)18-12-17(21(5,6)7)10-9-15(18)3/h9-14H,1-8H3/q+1/i4D3,14D. The van der Waals surface area contributed by atoms with Crippen molar-refractivity contribution in [3.8, 4) is 11.3 Å². The summed E-state index contributed by atoms with van der Waals surface area (Å²) in [7, 11) is 1.91. The van der Waals surface area contributed by atoms with Gasteiger partial charge in [0.2, 0.25) is 5.69 Å². The molecule has 0 fully saturated rings. The molecule has 0 spiro atoms. The van der Waals surface area contributed by atoms with Gasteiger partial charge in [0, 0.05) is 22.7 Å². The summed E-state index contributed by atoms with van der Waals surface area (Å²) in [6.07, 6.45) is 1.80. The van der Waals surface area contributed by atoms with Gasteiger partial charge in [0.15, 0.2) is 6.20 Å². The first-order valence-electron chi connectivity index (χ1n) is 9.78. The number of aromatic nitrogens is 1. The monoisotopic (exact) mass is 300 g/mol. The van der Waals surface area contributed by atoms with E-state index in [0.717, 1.165) is 16.8 Å². The van der Waals surface area contributed by atoms with Crippen LogP contribution in [0.15, 0.2) is 30.5 Å². The van der Waals surface area contributed by atoms with E-state index in [1.54, 1.807) is 26.1 Å². The summed E-state index contributed by atoms with van der Waals surface area (Å²) in [6.45, 7) is 9.74. The largest absolute Gasteiger partial charge is 0.212 e. The zero-order valence-electron chi connectivity index (χ0n) is 18.8. The zero-order chi connectivity index (χ0) is 20.1. The SMILES string of the molecule is [2H]C([2H])([2H])c1cc(-c2cc(C(C)(C)C)ccc2C)[n+](C)cc1C([2H])(C)C. The summed E-state index contributed by atoms with van der Waals surface area (Å²) in [4.78, 5) is 0. The van der Waals surface area contributed by atoms with Crippen molar-refractivity contribution in [2.75, 3.05) is 0 Å². The van der Waals surface area contributed by atoms with Gasteiger partial charge in [0.1, 0.15) is 7.05 Å². The smallest absolute Gasteiger partial charge is 0.201 e. The summed E-state index contributed by atoms with van der Waals surface area (Å²) in [5, 5.41) is 0. The molecular formula is C21H30N+. The number of aryl methyl sites for hydroxylation is 3. The van der Waals surface area contributed by atoms with Crippen molar-refractivity contribution in [2.24, 2.45) is 7.05 Å². The highest BCUT2D eigenvalue weighted by molar-refractivity contribution is 5.63. The molecule has 1 aromatic heterocycles. The fraction of sp³-hybridized carbons (Fsp3) is 0.476. The highest BCUT2D eigenvalue weighted by Crippen LogP contribution is 2.30. The lowest BCUT2D eigenvalue weighted by atomic mass is 9.84. The molecule has 118 valence electrons. The summed E-state index contributed by atoms with van der Waals surface area (Å²) in [5.41, 5.74) is 4.99. The van der Waals surface area contributed by atoms with Crippen LogP contribution in [0, 0.1) is 13.8 Å². The first-order valence-corrected chi connectivity index (χ1v) is 7.78. The predicted octanol–water partition coefficient (Wildman–Crippen LogP) is 5.22. The topological polar surface area (TPSA) is 3.88 Å². The molecule has 1 heteroatoms. The fourth-order valence-electron chi connectivity index (χ4n) is 2.68. The number of rotatable bonds is 2. The Morgan fingerprint density at radius 3 is 2.36 bits per heavy atom. The highest BCUT2D eigenvalue weighted by atomic mass is 14.9. The number of benzene rings is 1. The second-order valence-electron chi connectivity index (χ2n) is 7.38. The van der Waals surface area contributed by atoms with Crippen LogP contribution in [-0.4, -0.2) is 0 Å². The molecule has 0 bridgehead atoms. The van der Waals surface area contributed by atoms with Crippen LogP contribution in [-0.2, 0) is 12.5 Å². The second kappa shape index (κ2) is 5.87. The number of hydrogen-bond donors (Lipinski definition) is 0. The fourth-order valence-corrected chi connectivity index (χ4v) is 2.68. The van der Waals surface area contributed by atoms with Gasteiger partial charge in [0.25, 0.3) is 0 Å². The molecule has 1 heterocycles. The maximum Gasteiger partial charge on any atom is 0.212 e. The van der Waals surface area contributed by atoms with Crippen molar-refractivity contribution in [3.63, 3.8) is 0 Å². The van der Waals surface area contributed by atoms with Gasteiger partial charge in [-0.15, -0.1) is 0 Å². The molecular weight excluding hydrogens is 266 g/mol. The van der Waals surface area contributed by atoms with Crippen molar-refractivity contribution in [3.05, 3.63) is 52.7 Å². The number of pyridine rings is 1. The van der Waals surface area contributed by atoms with E-state index < -0.39 is 12.7 Å². The lowest BCUT2D eigenvalue weighted by molar-refractivity contribution is -0.660. The average Bonchev–Trinajstić information content (AvgIpc) is 2.44. The lowest BCUT2D eigenvalue weighted by Crippen LogP contribution is -2.32. The second-order valence-corrected chi connectivity index (χ2v) is 7.38. The summed E-state index contributed by atoms with van der Waals surface area (Å²) < 4.78 is 34.2. The van der Waals surface area contributed by atoms with E-state index in [9.17, 15) is 0 Å². The number of hydrogen-bond acceptors (Lipinski definition) is 0. The van der Waals surface area contributed by atoms with E-state index in [-0.39, 0.29) is 11.0 Å². The predicted molar refractivity (Wildman–Crippen MR) is 95.3 cm³/mol. The maximum absolute atomic E-state index is 8.36. The molecule has 2 rings (SSSR count). The third-order valence-corrected chi connectivity index (χ3v) is 4.19. The molecule has 2 aromatic rings. The van der Waals surface area contributed by atoms with Gasteiger partial charge in [0.05, 0.1) is 0 Å². The normalized spacial score (nSPS) is 15.8. The Kier molecular flexibility index (Phi) is 3.17. The Labute approximate surface area is 141 Å². The Hall–Kier alpha value is -1.63. The molecule has 0 aliphatic heterocycles. The van der Waals surface area contributed by atoms with Crippen molar-refractivity contribution in [2.45, 2.75) is 59.7 Å². The lowest BCUT2D eigenvalue weighted by Gasteiger charge is -2.20. The van der Waals surface area contributed by atoms with Crippen LogP contribution in [0.3, 0.4) is 0 Å². The van der Waals surface area contributed by atoms with Gasteiger partial charge < -0.3 is 0 Å². The van der Waals surface area contributed by atoms with Gasteiger partial charge in [-0.05, 0) is 47.8 Å². The first-order chi connectivity index (χ1) is 11.6. The van der Waals surface area contributed by atoms with Crippen LogP contribution >= 0.6 is 0 Å². The molecule has 0 aliphatic carbocycles. The minimum Gasteiger partial charge on any atom is -0.201 e. The molecule has 1 nitrogen and oxygen atoms in total. The first kappa shape index (κ1) is 11.9. The molecule has 0 radical (unpaired) electrons. The van der Waals surface area contributed by atoms with Crippen LogP contribution in [0.2, 0.25) is 0 Å². The van der Waals surface area contributed by atoms with Crippen molar-refractivity contribution in [1.82, 2.24) is 0 Å². The van der Waals surface area contributed by atoms with Crippen molar-refractivity contribution in [1.29, 1.82) is 0 Å². The van der Waals surface area contributed by atoms with Crippen LogP contribution in [0.5, 0.6) is 0 Å².